The molecule has 214 valence electrons. The smallest absolute Gasteiger partial charge is 0.326 e. The van der Waals surface area contributed by atoms with E-state index in [9.17, 15) is 14.7 Å². The second-order valence-corrected chi connectivity index (χ2v) is 11.6. The van der Waals surface area contributed by atoms with Gasteiger partial charge in [-0.05, 0) is 77.8 Å². The third-order valence-electron chi connectivity index (χ3n) is 8.80. The SMILES string of the molecule is C[C@@H](N[C@H]1CCC[C@H](c2ccc(C(=O)N[C@@H](Cc3c[nH]c4ccccc34)C(=O)O)cc2)C1)c1cccc2ccccc12. The fourth-order valence-electron chi connectivity index (χ4n) is 6.58. The molecule has 6 heteroatoms. The Balaban J connectivity index is 1.08. The number of amides is 1. The summed E-state index contributed by atoms with van der Waals surface area (Å²) in [5.74, 6) is -1.01. The normalized spacial score (nSPS) is 18.5. The van der Waals surface area contributed by atoms with Crippen LogP contribution in [-0.2, 0) is 11.2 Å². The predicted octanol–water partition coefficient (Wildman–Crippen LogP) is 7.12. The quantitative estimate of drug-likeness (QED) is 0.155. The maximum atomic E-state index is 13.0. The molecule has 4 atom stereocenters. The lowest BCUT2D eigenvalue weighted by molar-refractivity contribution is -0.139. The van der Waals surface area contributed by atoms with Gasteiger partial charge < -0.3 is 20.7 Å². The molecule has 1 saturated carbocycles. The summed E-state index contributed by atoms with van der Waals surface area (Å²) >= 11 is 0. The molecule has 1 amide bonds. The number of carbonyl (C=O) groups excluding carboxylic acids is 1. The van der Waals surface area contributed by atoms with Crippen LogP contribution in [0.15, 0.2) is 97.2 Å². The molecule has 0 aliphatic heterocycles. The van der Waals surface area contributed by atoms with E-state index in [2.05, 4.69) is 65.0 Å². The number of para-hydroxylation sites is 1. The van der Waals surface area contributed by atoms with Gasteiger partial charge in [-0.1, -0.05) is 79.2 Å². The monoisotopic (exact) mass is 559 g/mol. The summed E-state index contributed by atoms with van der Waals surface area (Å²) in [6, 6.07) is 30.2. The van der Waals surface area contributed by atoms with E-state index in [0.29, 0.717) is 17.5 Å². The van der Waals surface area contributed by atoms with Crippen molar-refractivity contribution in [2.24, 2.45) is 0 Å². The zero-order valence-electron chi connectivity index (χ0n) is 23.8. The molecule has 6 rings (SSSR count). The van der Waals surface area contributed by atoms with Gasteiger partial charge in [0.15, 0.2) is 0 Å². The molecular weight excluding hydrogens is 522 g/mol. The lowest BCUT2D eigenvalue weighted by atomic mass is 9.80. The van der Waals surface area contributed by atoms with E-state index < -0.39 is 12.0 Å². The van der Waals surface area contributed by atoms with Crippen LogP contribution in [0.1, 0.15) is 71.6 Å². The summed E-state index contributed by atoms with van der Waals surface area (Å²) in [7, 11) is 0. The third-order valence-corrected chi connectivity index (χ3v) is 8.80. The Labute approximate surface area is 246 Å². The van der Waals surface area contributed by atoms with Gasteiger partial charge in [-0.15, -0.1) is 0 Å². The lowest BCUT2D eigenvalue weighted by Crippen LogP contribution is -2.42. The molecule has 1 aromatic heterocycles. The number of fused-ring (bicyclic) bond motifs is 2. The third kappa shape index (κ3) is 5.95. The Morgan fingerprint density at radius 1 is 0.905 bits per heavy atom. The molecule has 42 heavy (non-hydrogen) atoms. The Kier molecular flexibility index (Phi) is 8.06. The number of carbonyl (C=O) groups is 2. The number of rotatable bonds is 9. The minimum Gasteiger partial charge on any atom is -0.480 e. The van der Waals surface area contributed by atoms with Crippen molar-refractivity contribution in [2.75, 3.05) is 0 Å². The van der Waals surface area contributed by atoms with Gasteiger partial charge in [0.1, 0.15) is 6.04 Å². The molecule has 1 heterocycles. The van der Waals surface area contributed by atoms with Crippen molar-refractivity contribution in [3.05, 3.63) is 119 Å². The number of hydrogen-bond acceptors (Lipinski definition) is 3. The van der Waals surface area contributed by atoms with Gasteiger partial charge in [0, 0.05) is 41.2 Å². The maximum Gasteiger partial charge on any atom is 0.326 e. The number of H-pyrrole nitrogens is 1. The van der Waals surface area contributed by atoms with Crippen LogP contribution in [0.25, 0.3) is 21.7 Å². The standard InChI is InChI=1S/C36H37N3O3/c1-23(30-14-7-9-25-8-2-3-12-31(25)30)38-29-11-6-10-27(20-29)24-16-18-26(19-17-24)35(40)39-34(36(41)42)21-28-22-37-33-15-5-4-13-32(28)33/h2-5,7-9,12-19,22-23,27,29,34,37-38H,6,10-11,20-21H2,1H3,(H,39,40)(H,41,42)/t23-,27+,29+,34+/m1/s1. The van der Waals surface area contributed by atoms with Gasteiger partial charge in [0.25, 0.3) is 5.91 Å². The lowest BCUT2D eigenvalue weighted by Gasteiger charge is -2.32. The largest absolute Gasteiger partial charge is 0.480 e. The van der Waals surface area contributed by atoms with Gasteiger partial charge >= 0.3 is 5.97 Å². The molecule has 1 aliphatic carbocycles. The topological polar surface area (TPSA) is 94.2 Å². The Morgan fingerprint density at radius 3 is 2.45 bits per heavy atom. The summed E-state index contributed by atoms with van der Waals surface area (Å²) in [5, 5.41) is 20.0. The van der Waals surface area contributed by atoms with Gasteiger partial charge in [0.2, 0.25) is 0 Å². The number of carboxylic acid groups (broad SMARTS) is 1. The minimum atomic E-state index is -1.05. The second-order valence-electron chi connectivity index (χ2n) is 11.6. The fraction of sp³-hybridized carbons (Fsp3) is 0.278. The van der Waals surface area contributed by atoms with E-state index in [4.69, 9.17) is 0 Å². The van der Waals surface area contributed by atoms with Crippen molar-refractivity contribution in [3.8, 4) is 0 Å². The van der Waals surface area contributed by atoms with Gasteiger partial charge in [-0.3, -0.25) is 4.79 Å². The Bertz CT molecular complexity index is 1700. The average Bonchev–Trinajstić information content (AvgIpc) is 3.43. The van der Waals surface area contributed by atoms with Crippen LogP contribution in [-0.4, -0.2) is 34.1 Å². The van der Waals surface area contributed by atoms with Crippen molar-refractivity contribution in [3.63, 3.8) is 0 Å². The van der Waals surface area contributed by atoms with Gasteiger partial charge in [-0.25, -0.2) is 4.79 Å². The molecule has 0 bridgehead atoms. The van der Waals surface area contributed by atoms with E-state index in [0.717, 1.165) is 42.1 Å². The van der Waals surface area contributed by atoms with Crippen LogP contribution in [0, 0.1) is 0 Å². The zero-order valence-corrected chi connectivity index (χ0v) is 23.8. The molecule has 0 unspecified atom stereocenters. The highest BCUT2D eigenvalue weighted by Gasteiger charge is 2.26. The summed E-state index contributed by atoms with van der Waals surface area (Å²) in [6.07, 6.45) is 6.50. The van der Waals surface area contributed by atoms with Crippen LogP contribution in [0.3, 0.4) is 0 Å². The van der Waals surface area contributed by atoms with Crippen molar-refractivity contribution in [1.29, 1.82) is 0 Å². The first-order valence-electron chi connectivity index (χ1n) is 14.9. The molecule has 1 fully saturated rings. The minimum absolute atomic E-state index is 0.205. The number of carboxylic acids is 1. The van der Waals surface area contributed by atoms with Crippen molar-refractivity contribution in [2.45, 2.75) is 63.1 Å². The number of hydrogen-bond donors (Lipinski definition) is 4. The molecule has 4 N–H and O–H groups in total. The number of nitrogens with one attached hydrogen (secondary N) is 3. The van der Waals surface area contributed by atoms with Crippen molar-refractivity contribution < 1.29 is 14.7 Å². The van der Waals surface area contributed by atoms with Gasteiger partial charge in [0.05, 0.1) is 0 Å². The number of aromatic nitrogens is 1. The van der Waals surface area contributed by atoms with Crippen molar-refractivity contribution in [1.82, 2.24) is 15.6 Å². The maximum absolute atomic E-state index is 13.0. The Morgan fingerprint density at radius 2 is 1.64 bits per heavy atom. The Hall–Kier alpha value is -4.42. The average molecular weight is 560 g/mol. The summed E-state index contributed by atoms with van der Waals surface area (Å²) in [5.41, 5.74) is 4.84. The van der Waals surface area contributed by atoms with E-state index in [1.165, 1.54) is 21.9 Å². The summed E-state index contributed by atoms with van der Waals surface area (Å²) < 4.78 is 0. The van der Waals surface area contributed by atoms with Crippen LogP contribution >= 0.6 is 0 Å². The van der Waals surface area contributed by atoms with E-state index in [1.807, 2.05) is 54.7 Å². The van der Waals surface area contributed by atoms with Crippen molar-refractivity contribution >= 4 is 33.6 Å². The molecule has 0 radical (unpaired) electrons. The highest BCUT2D eigenvalue weighted by Crippen LogP contribution is 2.35. The molecule has 0 spiro atoms. The van der Waals surface area contributed by atoms with E-state index in [1.54, 1.807) is 0 Å². The first-order chi connectivity index (χ1) is 20.5. The molecule has 6 nitrogen and oxygen atoms in total. The first kappa shape index (κ1) is 27.7. The molecular formula is C36H37N3O3. The van der Waals surface area contributed by atoms with Gasteiger partial charge in [-0.2, -0.15) is 0 Å². The highest BCUT2D eigenvalue weighted by atomic mass is 16.4. The van der Waals surface area contributed by atoms with E-state index in [-0.39, 0.29) is 18.4 Å². The first-order valence-corrected chi connectivity index (χ1v) is 14.9. The molecule has 4 aromatic carbocycles. The number of benzene rings is 4. The number of aromatic amines is 1. The molecule has 0 saturated heterocycles. The van der Waals surface area contributed by atoms with E-state index >= 15 is 0 Å². The predicted molar refractivity (Wildman–Crippen MR) is 168 cm³/mol. The molecule has 5 aromatic rings. The van der Waals surface area contributed by atoms with Crippen LogP contribution < -0.4 is 10.6 Å². The zero-order chi connectivity index (χ0) is 29.1. The van der Waals surface area contributed by atoms with Crippen LogP contribution in [0.4, 0.5) is 0 Å². The van der Waals surface area contributed by atoms with Crippen LogP contribution in [0.5, 0.6) is 0 Å². The summed E-state index contributed by atoms with van der Waals surface area (Å²) in [6.45, 7) is 2.25. The number of aliphatic carboxylic acids is 1. The summed E-state index contributed by atoms with van der Waals surface area (Å²) in [4.78, 5) is 28.2. The highest BCUT2D eigenvalue weighted by molar-refractivity contribution is 5.97. The molecule has 1 aliphatic rings. The van der Waals surface area contributed by atoms with Crippen LogP contribution in [0.2, 0.25) is 0 Å². The fourth-order valence-corrected chi connectivity index (χ4v) is 6.58. The second kappa shape index (κ2) is 12.2.